The summed E-state index contributed by atoms with van der Waals surface area (Å²) < 4.78 is 4.80. The van der Waals surface area contributed by atoms with Gasteiger partial charge < -0.3 is 4.74 Å². The third kappa shape index (κ3) is 1.26. The molecule has 0 aliphatic heterocycles. The Kier molecular flexibility index (Phi) is 2.55. The van der Waals surface area contributed by atoms with Gasteiger partial charge in [0.15, 0.2) is 0 Å². The first-order valence-corrected chi connectivity index (χ1v) is 4.38. The second kappa shape index (κ2) is 3.30. The number of rotatable bonds is 2. The van der Waals surface area contributed by atoms with Gasteiger partial charge in [0, 0.05) is 0 Å². The summed E-state index contributed by atoms with van der Waals surface area (Å²) in [5.74, 6) is -0.104. The quantitative estimate of drug-likeness (QED) is 0.467. The van der Waals surface area contributed by atoms with E-state index in [1.807, 2.05) is 6.92 Å². The Hall–Kier alpha value is -0.790. The highest BCUT2D eigenvalue weighted by molar-refractivity contribution is 5.80. The van der Waals surface area contributed by atoms with Gasteiger partial charge in [-0.2, -0.15) is 0 Å². The van der Waals surface area contributed by atoms with Crippen molar-refractivity contribution in [3.8, 4) is 0 Å². The fourth-order valence-corrected chi connectivity index (χ4v) is 1.98. The van der Waals surface area contributed by atoms with Crippen LogP contribution in [0, 0.1) is 5.41 Å². The molecule has 0 atom stereocenters. The summed E-state index contributed by atoms with van der Waals surface area (Å²) in [6, 6.07) is 0. The van der Waals surface area contributed by atoms with E-state index < -0.39 is 0 Å². The van der Waals surface area contributed by atoms with Crippen LogP contribution < -0.4 is 0 Å². The predicted molar refractivity (Wildman–Crippen MR) is 47.7 cm³/mol. The van der Waals surface area contributed by atoms with E-state index in [4.69, 9.17) is 4.74 Å². The lowest BCUT2D eigenvalue weighted by atomic mass is 9.80. The molecule has 0 radical (unpaired) electrons. The van der Waals surface area contributed by atoms with Crippen molar-refractivity contribution in [1.29, 1.82) is 0 Å². The fraction of sp³-hybridized carbons (Fsp3) is 0.700. The normalized spacial score (nSPS) is 20.5. The summed E-state index contributed by atoms with van der Waals surface area (Å²) in [6.07, 6.45) is 4.05. The molecular weight excluding hydrogens is 152 g/mol. The Balaban J connectivity index is 2.86. The van der Waals surface area contributed by atoms with E-state index in [1.165, 1.54) is 7.11 Å². The summed E-state index contributed by atoms with van der Waals surface area (Å²) in [6.45, 7) is 5.80. The van der Waals surface area contributed by atoms with Crippen LogP contribution in [0.25, 0.3) is 0 Å². The van der Waals surface area contributed by atoms with Gasteiger partial charge in [-0.15, -0.1) is 0 Å². The van der Waals surface area contributed by atoms with Crippen LogP contribution in [-0.4, -0.2) is 13.1 Å². The SMILES string of the molecule is C=C(C)C1(C(=O)OC)CCCC1. The van der Waals surface area contributed by atoms with Crippen LogP contribution >= 0.6 is 0 Å². The molecule has 12 heavy (non-hydrogen) atoms. The van der Waals surface area contributed by atoms with E-state index in [0.717, 1.165) is 31.3 Å². The molecule has 0 bridgehead atoms. The van der Waals surface area contributed by atoms with E-state index in [-0.39, 0.29) is 11.4 Å². The first-order valence-electron chi connectivity index (χ1n) is 4.38. The van der Waals surface area contributed by atoms with Gasteiger partial charge >= 0.3 is 5.97 Å². The monoisotopic (exact) mass is 168 g/mol. The number of carbonyl (C=O) groups excluding carboxylic acids is 1. The van der Waals surface area contributed by atoms with Gasteiger partial charge in [0.25, 0.3) is 0 Å². The standard InChI is InChI=1S/C10H16O2/c1-8(2)10(9(11)12-3)6-4-5-7-10/h1,4-7H2,2-3H3. The first-order chi connectivity index (χ1) is 5.63. The molecule has 1 saturated carbocycles. The van der Waals surface area contributed by atoms with Crippen molar-refractivity contribution in [2.75, 3.05) is 7.11 Å². The highest BCUT2D eigenvalue weighted by atomic mass is 16.5. The van der Waals surface area contributed by atoms with Crippen molar-refractivity contribution < 1.29 is 9.53 Å². The molecule has 2 nitrogen and oxygen atoms in total. The van der Waals surface area contributed by atoms with E-state index in [9.17, 15) is 4.79 Å². The molecule has 68 valence electrons. The molecule has 0 amide bonds. The van der Waals surface area contributed by atoms with Gasteiger partial charge in [0.2, 0.25) is 0 Å². The Morgan fingerprint density at radius 3 is 2.25 bits per heavy atom. The molecule has 2 heteroatoms. The van der Waals surface area contributed by atoms with Crippen LogP contribution in [0.5, 0.6) is 0 Å². The first kappa shape index (κ1) is 9.30. The van der Waals surface area contributed by atoms with Crippen molar-refractivity contribution in [1.82, 2.24) is 0 Å². The largest absolute Gasteiger partial charge is 0.468 e. The zero-order valence-electron chi connectivity index (χ0n) is 7.85. The minimum Gasteiger partial charge on any atom is -0.468 e. The van der Waals surface area contributed by atoms with Gasteiger partial charge in [-0.3, -0.25) is 4.79 Å². The van der Waals surface area contributed by atoms with Crippen molar-refractivity contribution in [2.24, 2.45) is 5.41 Å². The fourth-order valence-electron chi connectivity index (χ4n) is 1.98. The topological polar surface area (TPSA) is 26.3 Å². The van der Waals surface area contributed by atoms with Gasteiger partial charge in [-0.1, -0.05) is 25.0 Å². The zero-order valence-corrected chi connectivity index (χ0v) is 7.85. The molecule has 0 aromatic carbocycles. The number of methoxy groups -OCH3 is 1. The highest BCUT2D eigenvalue weighted by Crippen LogP contribution is 2.44. The van der Waals surface area contributed by atoms with Crippen LogP contribution in [-0.2, 0) is 9.53 Å². The maximum Gasteiger partial charge on any atom is 0.315 e. The third-order valence-corrected chi connectivity index (χ3v) is 2.85. The Labute approximate surface area is 73.6 Å². The molecule has 1 aliphatic carbocycles. The minimum absolute atomic E-state index is 0.104. The molecule has 1 fully saturated rings. The smallest absolute Gasteiger partial charge is 0.315 e. The van der Waals surface area contributed by atoms with Crippen LogP contribution in [0.2, 0.25) is 0 Å². The van der Waals surface area contributed by atoms with Gasteiger partial charge in [0.05, 0.1) is 12.5 Å². The predicted octanol–water partition coefficient (Wildman–Crippen LogP) is 2.30. The summed E-state index contributed by atoms with van der Waals surface area (Å²) in [4.78, 5) is 11.5. The van der Waals surface area contributed by atoms with Gasteiger partial charge in [-0.05, 0) is 19.8 Å². The maximum absolute atomic E-state index is 11.5. The average Bonchev–Trinajstić information content (AvgIpc) is 2.52. The lowest BCUT2D eigenvalue weighted by Gasteiger charge is -2.25. The van der Waals surface area contributed by atoms with Crippen LogP contribution in [0.4, 0.5) is 0 Å². The van der Waals surface area contributed by atoms with Crippen molar-refractivity contribution in [3.63, 3.8) is 0 Å². The van der Waals surface area contributed by atoms with Crippen LogP contribution in [0.1, 0.15) is 32.6 Å². The van der Waals surface area contributed by atoms with Crippen molar-refractivity contribution in [2.45, 2.75) is 32.6 Å². The molecule has 0 spiro atoms. The zero-order chi connectivity index (χ0) is 9.19. The molecule has 1 aliphatic rings. The summed E-state index contributed by atoms with van der Waals surface area (Å²) >= 11 is 0. The third-order valence-electron chi connectivity index (χ3n) is 2.85. The molecule has 0 N–H and O–H groups in total. The van der Waals surface area contributed by atoms with Crippen LogP contribution in [0.15, 0.2) is 12.2 Å². The Morgan fingerprint density at radius 1 is 1.42 bits per heavy atom. The number of carbonyl (C=O) groups is 1. The van der Waals surface area contributed by atoms with E-state index >= 15 is 0 Å². The second-order valence-corrected chi connectivity index (χ2v) is 3.56. The van der Waals surface area contributed by atoms with E-state index in [2.05, 4.69) is 6.58 Å². The molecule has 1 rings (SSSR count). The molecule has 0 unspecified atom stereocenters. The lowest BCUT2D eigenvalue weighted by Crippen LogP contribution is -2.30. The Bertz CT molecular complexity index is 200. The van der Waals surface area contributed by atoms with Crippen molar-refractivity contribution in [3.05, 3.63) is 12.2 Å². The minimum atomic E-state index is -0.352. The van der Waals surface area contributed by atoms with Gasteiger partial charge in [0.1, 0.15) is 0 Å². The molecule has 0 aromatic heterocycles. The van der Waals surface area contributed by atoms with E-state index in [1.54, 1.807) is 0 Å². The maximum atomic E-state index is 11.5. The second-order valence-electron chi connectivity index (χ2n) is 3.56. The number of hydrogen-bond donors (Lipinski definition) is 0. The average molecular weight is 168 g/mol. The summed E-state index contributed by atoms with van der Waals surface area (Å²) in [5.41, 5.74) is 0.598. The van der Waals surface area contributed by atoms with E-state index in [0.29, 0.717) is 0 Å². The molecule has 0 heterocycles. The summed E-state index contributed by atoms with van der Waals surface area (Å²) in [7, 11) is 1.45. The van der Waals surface area contributed by atoms with Crippen LogP contribution in [0.3, 0.4) is 0 Å². The Morgan fingerprint density at radius 2 is 1.92 bits per heavy atom. The molecule has 0 saturated heterocycles. The lowest BCUT2D eigenvalue weighted by molar-refractivity contribution is -0.150. The molecular formula is C10H16O2. The molecule has 0 aromatic rings. The number of hydrogen-bond acceptors (Lipinski definition) is 2. The highest BCUT2D eigenvalue weighted by Gasteiger charge is 2.42. The number of esters is 1. The number of ether oxygens (including phenoxy) is 1. The van der Waals surface area contributed by atoms with Gasteiger partial charge in [-0.25, -0.2) is 0 Å². The summed E-state index contributed by atoms with van der Waals surface area (Å²) in [5, 5.41) is 0. The van der Waals surface area contributed by atoms with Crippen molar-refractivity contribution >= 4 is 5.97 Å².